The summed E-state index contributed by atoms with van der Waals surface area (Å²) in [6.45, 7) is 2.64. The number of aromatic nitrogens is 4. The summed E-state index contributed by atoms with van der Waals surface area (Å²) < 4.78 is 31.3. The number of halogens is 1. The van der Waals surface area contributed by atoms with E-state index in [4.69, 9.17) is 0 Å². The molecular formula is C16H23BrN6O3S. The van der Waals surface area contributed by atoms with Gasteiger partial charge in [0.05, 0.1) is 40.7 Å². The quantitative estimate of drug-likeness (QED) is 0.717. The normalized spacial score (nSPS) is 18.6. The molecule has 1 fully saturated rings. The van der Waals surface area contributed by atoms with E-state index < -0.39 is 10.0 Å². The Bertz CT molecular complexity index is 932. The highest BCUT2D eigenvalue weighted by Crippen LogP contribution is 2.25. The minimum absolute atomic E-state index is 0.147. The molecule has 3 rings (SSSR count). The molecule has 2 aromatic rings. The molecule has 0 aliphatic carbocycles. The van der Waals surface area contributed by atoms with Gasteiger partial charge >= 0.3 is 0 Å². The summed E-state index contributed by atoms with van der Waals surface area (Å²) in [6, 6.07) is 0. The SMILES string of the molecule is Cc1c(S(=O)(=O)N2CCC[C@@H](C(=O)NCc3c(Br)cnn3C)C2)cnn1C. The highest BCUT2D eigenvalue weighted by molar-refractivity contribution is 9.10. The van der Waals surface area contributed by atoms with E-state index in [2.05, 4.69) is 31.4 Å². The Morgan fingerprint density at radius 1 is 1.30 bits per heavy atom. The van der Waals surface area contributed by atoms with Crippen LogP contribution in [0.1, 0.15) is 24.2 Å². The molecule has 0 radical (unpaired) electrons. The standard InChI is InChI=1S/C16H23BrN6O3S/c1-11-15(9-20-21(11)2)27(25,26)23-6-4-5-12(10-23)16(24)18-8-14-13(17)7-19-22(14)3/h7,9,12H,4-6,8,10H2,1-3H3,(H,18,24)/t12-/m1/s1. The Labute approximate surface area is 166 Å². The van der Waals surface area contributed by atoms with Crippen molar-refractivity contribution in [2.45, 2.75) is 31.2 Å². The first-order chi connectivity index (χ1) is 12.7. The second kappa shape index (κ2) is 7.72. The lowest BCUT2D eigenvalue weighted by Gasteiger charge is -2.31. The van der Waals surface area contributed by atoms with Crippen LogP contribution in [-0.4, -0.2) is 51.3 Å². The molecule has 0 saturated carbocycles. The molecule has 1 aliphatic heterocycles. The minimum Gasteiger partial charge on any atom is -0.350 e. The third kappa shape index (κ3) is 3.94. The van der Waals surface area contributed by atoms with Gasteiger partial charge in [-0.05, 0) is 35.7 Å². The summed E-state index contributed by atoms with van der Waals surface area (Å²) in [5, 5.41) is 11.0. The molecule has 1 aliphatic rings. The van der Waals surface area contributed by atoms with Crippen LogP contribution >= 0.6 is 15.9 Å². The van der Waals surface area contributed by atoms with Gasteiger partial charge in [0.1, 0.15) is 4.90 Å². The lowest BCUT2D eigenvalue weighted by molar-refractivity contribution is -0.126. The van der Waals surface area contributed by atoms with Crippen LogP contribution in [0.2, 0.25) is 0 Å². The molecule has 0 bridgehead atoms. The van der Waals surface area contributed by atoms with Crippen LogP contribution in [0, 0.1) is 12.8 Å². The van der Waals surface area contributed by atoms with Crippen molar-refractivity contribution in [3.8, 4) is 0 Å². The summed E-state index contributed by atoms with van der Waals surface area (Å²) in [7, 11) is -0.153. The summed E-state index contributed by atoms with van der Waals surface area (Å²) >= 11 is 3.40. The van der Waals surface area contributed by atoms with Crippen LogP contribution in [-0.2, 0) is 35.5 Å². The van der Waals surface area contributed by atoms with E-state index in [1.54, 1.807) is 31.9 Å². The Morgan fingerprint density at radius 2 is 2.00 bits per heavy atom. The number of aryl methyl sites for hydroxylation is 2. The van der Waals surface area contributed by atoms with Crippen LogP contribution in [0.3, 0.4) is 0 Å². The first-order valence-electron chi connectivity index (χ1n) is 8.64. The topological polar surface area (TPSA) is 102 Å². The van der Waals surface area contributed by atoms with E-state index in [0.29, 0.717) is 31.6 Å². The molecule has 27 heavy (non-hydrogen) atoms. The Hall–Kier alpha value is -1.72. The highest BCUT2D eigenvalue weighted by Gasteiger charge is 2.35. The van der Waals surface area contributed by atoms with Crippen molar-refractivity contribution in [1.29, 1.82) is 0 Å². The number of carbonyl (C=O) groups excluding carboxylic acids is 1. The number of amides is 1. The van der Waals surface area contributed by atoms with Crippen molar-refractivity contribution in [1.82, 2.24) is 29.2 Å². The number of nitrogens with zero attached hydrogens (tertiary/aromatic N) is 5. The zero-order valence-electron chi connectivity index (χ0n) is 15.5. The first-order valence-corrected chi connectivity index (χ1v) is 10.9. The van der Waals surface area contributed by atoms with Crippen molar-refractivity contribution in [3.63, 3.8) is 0 Å². The first kappa shape index (κ1) is 20.0. The predicted molar refractivity (Wildman–Crippen MR) is 102 cm³/mol. The van der Waals surface area contributed by atoms with Gasteiger partial charge in [-0.15, -0.1) is 0 Å². The van der Waals surface area contributed by atoms with Crippen LogP contribution < -0.4 is 5.32 Å². The summed E-state index contributed by atoms with van der Waals surface area (Å²) in [6.07, 6.45) is 4.35. The molecule has 1 amide bonds. The molecule has 0 aromatic carbocycles. The third-order valence-electron chi connectivity index (χ3n) is 5.00. The number of hydrogen-bond donors (Lipinski definition) is 1. The number of piperidine rings is 1. The summed E-state index contributed by atoms with van der Waals surface area (Å²) in [5.74, 6) is -0.525. The molecule has 9 nitrogen and oxygen atoms in total. The van der Waals surface area contributed by atoms with Gasteiger partial charge in [0.15, 0.2) is 0 Å². The molecular weight excluding hydrogens is 436 g/mol. The van der Waals surface area contributed by atoms with E-state index in [1.165, 1.54) is 15.2 Å². The van der Waals surface area contributed by atoms with Crippen LogP contribution in [0.4, 0.5) is 0 Å². The fourth-order valence-corrected chi connectivity index (χ4v) is 5.39. The maximum Gasteiger partial charge on any atom is 0.246 e. The monoisotopic (exact) mass is 458 g/mol. The predicted octanol–water partition coefficient (Wildman–Crippen LogP) is 0.942. The van der Waals surface area contributed by atoms with Gasteiger partial charge in [0, 0.05) is 27.2 Å². The van der Waals surface area contributed by atoms with Gasteiger partial charge in [-0.25, -0.2) is 8.42 Å². The Morgan fingerprint density at radius 3 is 2.59 bits per heavy atom. The van der Waals surface area contributed by atoms with Crippen molar-refractivity contribution < 1.29 is 13.2 Å². The molecule has 148 valence electrons. The fraction of sp³-hybridized carbons (Fsp3) is 0.562. The van der Waals surface area contributed by atoms with Crippen molar-refractivity contribution >= 4 is 31.9 Å². The van der Waals surface area contributed by atoms with E-state index >= 15 is 0 Å². The average Bonchev–Trinajstić information content (AvgIpc) is 3.15. The lowest BCUT2D eigenvalue weighted by atomic mass is 9.99. The van der Waals surface area contributed by atoms with Gasteiger partial charge in [-0.3, -0.25) is 14.2 Å². The number of sulfonamides is 1. The fourth-order valence-electron chi connectivity index (χ4n) is 3.20. The van der Waals surface area contributed by atoms with E-state index in [9.17, 15) is 13.2 Å². The van der Waals surface area contributed by atoms with Gasteiger partial charge in [0.25, 0.3) is 0 Å². The second-order valence-corrected chi connectivity index (χ2v) is 9.46. The van der Waals surface area contributed by atoms with Gasteiger partial charge < -0.3 is 5.32 Å². The second-order valence-electron chi connectivity index (χ2n) is 6.70. The summed E-state index contributed by atoms with van der Waals surface area (Å²) in [5.41, 5.74) is 1.44. The third-order valence-corrected chi connectivity index (χ3v) is 7.63. The van der Waals surface area contributed by atoms with Crippen molar-refractivity contribution in [2.24, 2.45) is 20.0 Å². The highest BCUT2D eigenvalue weighted by atomic mass is 79.9. The number of rotatable bonds is 5. The Kier molecular flexibility index (Phi) is 5.73. The maximum atomic E-state index is 12.9. The molecule has 11 heteroatoms. The van der Waals surface area contributed by atoms with Crippen LogP contribution in [0.5, 0.6) is 0 Å². The molecule has 3 heterocycles. The van der Waals surface area contributed by atoms with Crippen molar-refractivity contribution in [2.75, 3.05) is 13.1 Å². The zero-order valence-corrected chi connectivity index (χ0v) is 17.9. The zero-order chi connectivity index (χ0) is 19.8. The van der Waals surface area contributed by atoms with Crippen LogP contribution in [0.15, 0.2) is 21.8 Å². The molecule has 1 saturated heterocycles. The van der Waals surface area contributed by atoms with Crippen molar-refractivity contribution in [3.05, 3.63) is 28.3 Å². The number of hydrogen-bond acceptors (Lipinski definition) is 5. The summed E-state index contributed by atoms with van der Waals surface area (Å²) in [4.78, 5) is 12.8. The van der Waals surface area contributed by atoms with Crippen LogP contribution in [0.25, 0.3) is 0 Å². The maximum absolute atomic E-state index is 12.9. The largest absolute Gasteiger partial charge is 0.350 e. The van der Waals surface area contributed by atoms with Gasteiger partial charge in [0.2, 0.25) is 15.9 Å². The van der Waals surface area contributed by atoms with Gasteiger partial charge in [-0.1, -0.05) is 0 Å². The van der Waals surface area contributed by atoms with Gasteiger partial charge in [-0.2, -0.15) is 14.5 Å². The smallest absolute Gasteiger partial charge is 0.246 e. The number of carbonyl (C=O) groups is 1. The molecule has 0 unspecified atom stereocenters. The average molecular weight is 459 g/mol. The molecule has 2 aromatic heterocycles. The molecule has 0 spiro atoms. The van der Waals surface area contributed by atoms with E-state index in [1.807, 2.05) is 0 Å². The number of nitrogens with one attached hydrogen (secondary N) is 1. The molecule has 1 atom stereocenters. The lowest BCUT2D eigenvalue weighted by Crippen LogP contribution is -2.45. The van der Waals surface area contributed by atoms with E-state index in [-0.39, 0.29) is 23.3 Å². The Balaban J connectivity index is 1.68. The van der Waals surface area contributed by atoms with E-state index in [0.717, 1.165) is 10.2 Å². The minimum atomic E-state index is -3.66. The molecule has 1 N–H and O–H groups in total.